The molecule has 0 unspecified atom stereocenters. The topological polar surface area (TPSA) is 57.9 Å². The lowest BCUT2D eigenvalue weighted by Crippen LogP contribution is -2.29. The minimum atomic E-state index is 0.723. The van der Waals surface area contributed by atoms with Crippen LogP contribution in [0.15, 0.2) is 0 Å². The summed E-state index contributed by atoms with van der Waals surface area (Å²) in [4.78, 5) is 2.36. The van der Waals surface area contributed by atoms with Crippen LogP contribution in [0.3, 0.4) is 0 Å². The monoisotopic (exact) mass is 236 g/mol. The molecule has 1 aliphatic carbocycles. The lowest BCUT2D eigenvalue weighted by atomic mass is 10.1. The first-order valence-electron chi connectivity index (χ1n) is 6.82. The van der Waals surface area contributed by atoms with Gasteiger partial charge in [0.05, 0.1) is 5.69 Å². The lowest BCUT2D eigenvalue weighted by molar-refractivity contribution is 0.283. The number of aromatic amines is 1. The van der Waals surface area contributed by atoms with E-state index in [0.717, 1.165) is 26.2 Å². The molecule has 1 aliphatic rings. The molecular formula is C13H24N4. The number of H-pyrrole nitrogens is 1. The molecule has 96 valence electrons. The van der Waals surface area contributed by atoms with E-state index in [4.69, 9.17) is 5.73 Å². The van der Waals surface area contributed by atoms with Gasteiger partial charge in [0, 0.05) is 25.3 Å². The van der Waals surface area contributed by atoms with Crippen LogP contribution in [-0.4, -0.2) is 34.7 Å². The van der Waals surface area contributed by atoms with E-state index >= 15 is 0 Å². The fourth-order valence-corrected chi connectivity index (χ4v) is 2.60. The molecule has 0 saturated carbocycles. The van der Waals surface area contributed by atoms with Crippen LogP contribution in [0.2, 0.25) is 0 Å². The van der Waals surface area contributed by atoms with Crippen molar-refractivity contribution in [2.75, 3.05) is 19.6 Å². The minimum absolute atomic E-state index is 0.723. The first-order valence-corrected chi connectivity index (χ1v) is 6.82. The summed E-state index contributed by atoms with van der Waals surface area (Å²) in [6.45, 7) is 5.85. The van der Waals surface area contributed by atoms with Crippen molar-refractivity contribution >= 4 is 0 Å². The summed E-state index contributed by atoms with van der Waals surface area (Å²) in [6, 6.07) is 0. The maximum atomic E-state index is 5.63. The molecule has 4 heteroatoms. The van der Waals surface area contributed by atoms with E-state index in [9.17, 15) is 0 Å². The Balaban J connectivity index is 2.07. The average Bonchev–Trinajstić information content (AvgIpc) is 2.58. The van der Waals surface area contributed by atoms with Gasteiger partial charge in [-0.25, -0.2) is 0 Å². The van der Waals surface area contributed by atoms with Crippen molar-refractivity contribution < 1.29 is 0 Å². The highest BCUT2D eigenvalue weighted by molar-refractivity contribution is 5.26. The second kappa shape index (κ2) is 6.17. The van der Waals surface area contributed by atoms with Crippen LogP contribution in [-0.2, 0) is 19.4 Å². The lowest BCUT2D eigenvalue weighted by Gasteiger charge is -2.18. The Kier molecular flexibility index (Phi) is 4.57. The molecule has 0 fully saturated rings. The van der Waals surface area contributed by atoms with E-state index < -0.39 is 0 Å². The van der Waals surface area contributed by atoms with Crippen LogP contribution >= 0.6 is 0 Å². The highest BCUT2D eigenvalue weighted by Gasteiger charge is 2.16. The molecule has 0 saturated heterocycles. The van der Waals surface area contributed by atoms with Gasteiger partial charge in [-0.2, -0.15) is 5.10 Å². The largest absolute Gasteiger partial charge is 0.329 e. The molecule has 1 aromatic heterocycles. The third-order valence-electron chi connectivity index (χ3n) is 3.66. The van der Waals surface area contributed by atoms with Gasteiger partial charge < -0.3 is 5.73 Å². The quantitative estimate of drug-likeness (QED) is 0.761. The molecule has 0 spiro atoms. The molecule has 0 amide bonds. The fourth-order valence-electron chi connectivity index (χ4n) is 2.60. The van der Waals surface area contributed by atoms with Crippen LogP contribution in [0.4, 0.5) is 0 Å². The molecule has 4 nitrogen and oxygen atoms in total. The summed E-state index contributed by atoms with van der Waals surface area (Å²) in [6.07, 6.45) is 6.33. The van der Waals surface area contributed by atoms with Gasteiger partial charge in [0.2, 0.25) is 0 Å². The number of nitrogens with one attached hydrogen (secondary N) is 1. The van der Waals surface area contributed by atoms with Gasteiger partial charge in [-0.1, -0.05) is 13.3 Å². The number of aromatic nitrogens is 2. The molecule has 0 atom stereocenters. The van der Waals surface area contributed by atoms with Crippen molar-refractivity contribution in [1.82, 2.24) is 15.1 Å². The molecule has 0 aromatic carbocycles. The van der Waals surface area contributed by atoms with Gasteiger partial charge in [0.1, 0.15) is 0 Å². The normalized spacial score (nSPS) is 15.9. The van der Waals surface area contributed by atoms with E-state index in [1.54, 1.807) is 0 Å². The van der Waals surface area contributed by atoms with Crippen LogP contribution in [0.5, 0.6) is 0 Å². The zero-order chi connectivity index (χ0) is 12.1. The average molecular weight is 236 g/mol. The van der Waals surface area contributed by atoms with Crippen molar-refractivity contribution in [3.05, 3.63) is 17.0 Å². The third-order valence-corrected chi connectivity index (χ3v) is 3.66. The molecule has 2 rings (SSSR count). The highest BCUT2D eigenvalue weighted by atomic mass is 15.2. The number of aryl methyl sites for hydroxylation is 1. The number of nitrogens with two attached hydrogens (primary N) is 1. The van der Waals surface area contributed by atoms with Gasteiger partial charge in [-0.3, -0.25) is 10.00 Å². The first-order chi connectivity index (χ1) is 8.35. The van der Waals surface area contributed by atoms with E-state index in [0.29, 0.717) is 0 Å². The number of likely N-dealkylation sites (N-methyl/N-ethyl adjacent to an activating group) is 1. The predicted octanol–water partition coefficient (Wildman–Crippen LogP) is 1.46. The number of rotatable bonds is 5. The Morgan fingerprint density at radius 2 is 2.12 bits per heavy atom. The summed E-state index contributed by atoms with van der Waals surface area (Å²) >= 11 is 0. The van der Waals surface area contributed by atoms with Gasteiger partial charge in [0.15, 0.2) is 0 Å². The number of fused-ring (bicyclic) bond motifs is 1. The van der Waals surface area contributed by atoms with E-state index in [1.807, 2.05) is 0 Å². The van der Waals surface area contributed by atoms with Crippen molar-refractivity contribution in [2.45, 2.75) is 45.6 Å². The summed E-state index contributed by atoms with van der Waals surface area (Å²) in [5.74, 6) is 0. The molecule has 17 heavy (non-hydrogen) atoms. The van der Waals surface area contributed by atoms with Gasteiger partial charge in [0.25, 0.3) is 0 Å². The van der Waals surface area contributed by atoms with Crippen LogP contribution in [0, 0.1) is 0 Å². The number of hydrogen-bond acceptors (Lipinski definition) is 3. The molecule has 1 heterocycles. The molecule has 3 N–H and O–H groups in total. The van der Waals surface area contributed by atoms with Gasteiger partial charge in [-0.15, -0.1) is 0 Å². The second-order valence-corrected chi connectivity index (χ2v) is 4.85. The standard InChI is InChI=1S/C13H24N4/c1-2-17(9-8-14)10-13-11-6-4-3-5-7-12(11)15-16-13/h2-10,14H2,1H3,(H,15,16). The third kappa shape index (κ3) is 3.07. The summed E-state index contributed by atoms with van der Waals surface area (Å²) in [5.41, 5.74) is 9.73. The Morgan fingerprint density at radius 3 is 2.88 bits per heavy atom. The van der Waals surface area contributed by atoms with Crippen molar-refractivity contribution in [1.29, 1.82) is 0 Å². The van der Waals surface area contributed by atoms with Crippen LogP contribution in [0.25, 0.3) is 0 Å². The van der Waals surface area contributed by atoms with Crippen LogP contribution in [0.1, 0.15) is 43.1 Å². The molecular weight excluding hydrogens is 212 g/mol. The molecule has 0 radical (unpaired) electrons. The van der Waals surface area contributed by atoms with Crippen molar-refractivity contribution in [3.8, 4) is 0 Å². The summed E-state index contributed by atoms with van der Waals surface area (Å²) in [5, 5.41) is 7.73. The van der Waals surface area contributed by atoms with Crippen molar-refractivity contribution in [3.63, 3.8) is 0 Å². The van der Waals surface area contributed by atoms with E-state index in [1.165, 1.54) is 49.1 Å². The first kappa shape index (κ1) is 12.6. The van der Waals surface area contributed by atoms with E-state index in [-0.39, 0.29) is 0 Å². The maximum Gasteiger partial charge on any atom is 0.0797 e. The molecule has 1 aromatic rings. The SMILES string of the molecule is CCN(CCN)Cc1n[nH]c2c1CCCCC2. The Labute approximate surface area is 104 Å². The second-order valence-electron chi connectivity index (χ2n) is 4.85. The highest BCUT2D eigenvalue weighted by Crippen LogP contribution is 2.22. The number of hydrogen-bond donors (Lipinski definition) is 2. The minimum Gasteiger partial charge on any atom is -0.329 e. The zero-order valence-electron chi connectivity index (χ0n) is 10.8. The Morgan fingerprint density at radius 1 is 1.29 bits per heavy atom. The smallest absolute Gasteiger partial charge is 0.0797 e. The van der Waals surface area contributed by atoms with E-state index in [2.05, 4.69) is 22.0 Å². The Bertz CT molecular complexity index is 345. The summed E-state index contributed by atoms with van der Waals surface area (Å²) < 4.78 is 0. The van der Waals surface area contributed by atoms with Gasteiger partial charge >= 0.3 is 0 Å². The zero-order valence-corrected chi connectivity index (χ0v) is 10.8. The number of nitrogens with zero attached hydrogens (tertiary/aromatic N) is 2. The van der Waals surface area contributed by atoms with Crippen molar-refractivity contribution in [2.24, 2.45) is 5.73 Å². The van der Waals surface area contributed by atoms with Gasteiger partial charge in [-0.05, 0) is 37.8 Å². The Hall–Kier alpha value is -0.870. The molecule has 0 bridgehead atoms. The maximum absolute atomic E-state index is 5.63. The summed E-state index contributed by atoms with van der Waals surface area (Å²) in [7, 11) is 0. The predicted molar refractivity (Wildman–Crippen MR) is 69.9 cm³/mol. The fraction of sp³-hybridized carbons (Fsp3) is 0.769. The molecule has 0 aliphatic heterocycles. The van der Waals surface area contributed by atoms with Crippen LogP contribution < -0.4 is 5.73 Å².